The maximum atomic E-state index is 12.4. The van der Waals surface area contributed by atoms with Crippen molar-refractivity contribution in [3.8, 4) is 6.07 Å². The first-order valence-electron chi connectivity index (χ1n) is 8.85. The van der Waals surface area contributed by atoms with Crippen molar-refractivity contribution in [2.24, 2.45) is 0 Å². The predicted molar refractivity (Wildman–Crippen MR) is 104 cm³/mol. The summed E-state index contributed by atoms with van der Waals surface area (Å²) in [6.45, 7) is 6.91. The first-order valence-corrected chi connectivity index (χ1v) is 9.84. The van der Waals surface area contributed by atoms with E-state index in [4.69, 9.17) is 4.74 Å². The van der Waals surface area contributed by atoms with Gasteiger partial charge in [0, 0.05) is 22.7 Å². The molecular formula is C19H22N4O4S. The number of pyridine rings is 1. The summed E-state index contributed by atoms with van der Waals surface area (Å²) < 4.78 is 5.13. The summed E-state index contributed by atoms with van der Waals surface area (Å²) in [5.74, 6) is -0.436. The summed E-state index contributed by atoms with van der Waals surface area (Å²) in [5.41, 5.74) is 1.99. The third kappa shape index (κ3) is 4.70. The van der Waals surface area contributed by atoms with E-state index in [1.54, 1.807) is 13.8 Å². The van der Waals surface area contributed by atoms with Crippen molar-refractivity contribution in [1.29, 1.82) is 5.26 Å². The zero-order valence-corrected chi connectivity index (χ0v) is 17.0. The van der Waals surface area contributed by atoms with Crippen LogP contribution in [-0.2, 0) is 9.53 Å². The van der Waals surface area contributed by atoms with E-state index in [0.717, 1.165) is 0 Å². The fourth-order valence-electron chi connectivity index (χ4n) is 2.85. The molecule has 9 heteroatoms. The van der Waals surface area contributed by atoms with Gasteiger partial charge < -0.3 is 15.4 Å². The topological polar surface area (TPSA) is 121 Å². The molecule has 1 unspecified atom stereocenters. The Kier molecular flexibility index (Phi) is 7.18. The number of thioether (sulfide) groups is 1. The first-order chi connectivity index (χ1) is 13.3. The molecule has 1 aliphatic rings. The molecule has 0 bridgehead atoms. The SMILES string of the molecule is CCOC(=O)C1=C(CSc2nc(C)c(C(C)=O)cc2C#N)NC(=O)NC1CC. The van der Waals surface area contributed by atoms with E-state index in [2.05, 4.69) is 15.6 Å². The van der Waals surface area contributed by atoms with Crippen LogP contribution in [0.3, 0.4) is 0 Å². The van der Waals surface area contributed by atoms with Gasteiger partial charge in [-0.1, -0.05) is 18.7 Å². The van der Waals surface area contributed by atoms with Crippen LogP contribution in [0.5, 0.6) is 0 Å². The zero-order chi connectivity index (χ0) is 20.8. The lowest BCUT2D eigenvalue weighted by atomic mass is 10.0. The van der Waals surface area contributed by atoms with E-state index in [1.165, 1.54) is 24.8 Å². The Labute approximate surface area is 167 Å². The van der Waals surface area contributed by atoms with E-state index in [9.17, 15) is 19.6 Å². The van der Waals surface area contributed by atoms with Crippen LogP contribution >= 0.6 is 11.8 Å². The number of hydrogen-bond acceptors (Lipinski definition) is 7. The number of ketones is 1. The molecule has 1 atom stereocenters. The molecule has 0 saturated heterocycles. The summed E-state index contributed by atoms with van der Waals surface area (Å²) in [7, 11) is 0. The van der Waals surface area contributed by atoms with Crippen molar-refractivity contribution in [2.75, 3.05) is 12.4 Å². The van der Waals surface area contributed by atoms with E-state index >= 15 is 0 Å². The molecule has 0 aliphatic carbocycles. The molecule has 1 aromatic heterocycles. The van der Waals surface area contributed by atoms with Crippen molar-refractivity contribution in [3.63, 3.8) is 0 Å². The van der Waals surface area contributed by atoms with E-state index in [1.807, 2.05) is 13.0 Å². The molecule has 0 radical (unpaired) electrons. The third-order valence-electron chi connectivity index (χ3n) is 4.18. The molecule has 2 N–H and O–H groups in total. The lowest BCUT2D eigenvalue weighted by Gasteiger charge is -2.28. The van der Waals surface area contributed by atoms with Gasteiger partial charge in [0.15, 0.2) is 5.78 Å². The Bertz CT molecular complexity index is 889. The number of carbonyl (C=O) groups is 3. The zero-order valence-electron chi connectivity index (χ0n) is 16.2. The second kappa shape index (κ2) is 9.37. The Hall–Kier alpha value is -2.86. The van der Waals surface area contributed by atoms with E-state index < -0.39 is 18.0 Å². The van der Waals surface area contributed by atoms with Crippen LogP contribution in [0.25, 0.3) is 0 Å². The number of hydrogen-bond donors (Lipinski definition) is 2. The van der Waals surface area contributed by atoms with E-state index in [0.29, 0.717) is 34.0 Å². The molecule has 0 spiro atoms. The highest BCUT2D eigenvalue weighted by molar-refractivity contribution is 7.99. The predicted octanol–water partition coefficient (Wildman–Crippen LogP) is 2.47. The Morgan fingerprint density at radius 3 is 2.68 bits per heavy atom. The van der Waals surface area contributed by atoms with Gasteiger partial charge in [-0.25, -0.2) is 14.6 Å². The minimum absolute atomic E-state index is 0.165. The number of ether oxygens (including phenoxy) is 1. The van der Waals surface area contributed by atoms with Crippen molar-refractivity contribution < 1.29 is 19.1 Å². The van der Waals surface area contributed by atoms with E-state index in [-0.39, 0.29) is 23.7 Å². The molecule has 1 aliphatic heterocycles. The molecule has 0 aromatic carbocycles. The van der Waals surface area contributed by atoms with Crippen LogP contribution in [0.4, 0.5) is 4.79 Å². The average molecular weight is 402 g/mol. The van der Waals surface area contributed by atoms with Crippen LogP contribution in [-0.4, -0.2) is 41.2 Å². The van der Waals surface area contributed by atoms with Crippen LogP contribution in [0, 0.1) is 18.3 Å². The molecule has 0 saturated carbocycles. The van der Waals surface area contributed by atoms with Crippen LogP contribution in [0.15, 0.2) is 22.4 Å². The summed E-state index contributed by atoms with van der Waals surface area (Å²) in [6.07, 6.45) is 0.532. The summed E-state index contributed by atoms with van der Waals surface area (Å²) >= 11 is 1.21. The Morgan fingerprint density at radius 1 is 1.39 bits per heavy atom. The van der Waals surface area contributed by atoms with Gasteiger partial charge in [0.25, 0.3) is 0 Å². The maximum absolute atomic E-state index is 12.4. The monoisotopic (exact) mass is 402 g/mol. The number of aryl methyl sites for hydroxylation is 1. The standard InChI is InChI=1S/C19H22N4O4S/c1-5-14-16(18(25)27-6-2)15(23-19(26)22-14)9-28-17-12(8-20)7-13(11(4)24)10(3)21-17/h7,14H,5-6,9H2,1-4H3,(H2,22,23,26). The van der Waals surface area contributed by atoms with Gasteiger partial charge >= 0.3 is 12.0 Å². The Balaban J connectivity index is 2.38. The smallest absolute Gasteiger partial charge is 0.337 e. The fourth-order valence-corrected chi connectivity index (χ4v) is 3.82. The van der Waals surface area contributed by atoms with Gasteiger partial charge in [-0.3, -0.25) is 4.79 Å². The molecular weight excluding hydrogens is 380 g/mol. The lowest BCUT2D eigenvalue weighted by molar-refractivity contribution is -0.139. The highest BCUT2D eigenvalue weighted by atomic mass is 32.2. The number of carbonyl (C=O) groups excluding carboxylic acids is 3. The summed E-state index contributed by atoms with van der Waals surface area (Å²) in [4.78, 5) is 40.4. The quantitative estimate of drug-likeness (QED) is 0.408. The van der Waals surface area contributed by atoms with Crippen molar-refractivity contribution >= 4 is 29.5 Å². The second-order valence-corrected chi connectivity index (χ2v) is 7.07. The van der Waals surface area contributed by atoms with Gasteiger partial charge in [0.2, 0.25) is 0 Å². The van der Waals surface area contributed by atoms with Crippen molar-refractivity contribution in [3.05, 3.63) is 34.2 Å². The highest BCUT2D eigenvalue weighted by Crippen LogP contribution is 2.27. The first kappa shape index (κ1) is 21.4. The van der Waals surface area contributed by atoms with Gasteiger partial charge in [0.1, 0.15) is 11.1 Å². The molecule has 8 nitrogen and oxygen atoms in total. The number of amides is 2. The minimum Gasteiger partial charge on any atom is -0.463 e. The van der Waals surface area contributed by atoms with Gasteiger partial charge in [-0.15, -0.1) is 0 Å². The minimum atomic E-state index is -0.492. The normalized spacial score (nSPS) is 16.1. The Morgan fingerprint density at radius 2 is 2.11 bits per heavy atom. The van der Waals surface area contributed by atoms with Gasteiger partial charge in [0.05, 0.1) is 23.8 Å². The molecule has 2 amide bonds. The van der Waals surface area contributed by atoms with Crippen molar-refractivity contribution in [2.45, 2.75) is 45.2 Å². The molecule has 2 rings (SSSR count). The van der Waals surface area contributed by atoms with Crippen LogP contribution < -0.4 is 10.6 Å². The molecule has 148 valence electrons. The largest absolute Gasteiger partial charge is 0.463 e. The van der Waals surface area contributed by atoms with Crippen molar-refractivity contribution in [1.82, 2.24) is 15.6 Å². The number of esters is 1. The number of aromatic nitrogens is 1. The highest BCUT2D eigenvalue weighted by Gasteiger charge is 2.31. The third-order valence-corrected chi connectivity index (χ3v) is 5.20. The number of rotatable bonds is 7. The molecule has 2 heterocycles. The molecule has 0 fully saturated rings. The fraction of sp³-hybridized carbons (Fsp3) is 0.421. The number of Topliss-reactive ketones (excluding diaryl/α,β-unsaturated/α-hetero) is 1. The second-order valence-electron chi connectivity index (χ2n) is 6.10. The lowest BCUT2D eigenvalue weighted by Crippen LogP contribution is -2.50. The number of nitrogens with zero attached hydrogens (tertiary/aromatic N) is 2. The molecule has 28 heavy (non-hydrogen) atoms. The number of urea groups is 1. The van der Waals surface area contributed by atoms with Gasteiger partial charge in [-0.2, -0.15) is 5.26 Å². The summed E-state index contributed by atoms with van der Waals surface area (Å²) in [5, 5.41) is 15.2. The number of nitriles is 1. The van der Waals surface area contributed by atoms with Crippen LogP contribution in [0.1, 0.15) is 48.8 Å². The van der Waals surface area contributed by atoms with Crippen LogP contribution in [0.2, 0.25) is 0 Å². The number of nitrogens with one attached hydrogen (secondary N) is 2. The maximum Gasteiger partial charge on any atom is 0.337 e. The summed E-state index contributed by atoms with van der Waals surface area (Å²) in [6, 6.07) is 2.72. The molecule has 1 aromatic rings. The van der Waals surface area contributed by atoms with Gasteiger partial charge in [-0.05, 0) is 33.3 Å². The average Bonchev–Trinajstić information content (AvgIpc) is 2.65.